The van der Waals surface area contributed by atoms with Crippen molar-refractivity contribution in [3.63, 3.8) is 0 Å². The number of hydrogen-bond donors (Lipinski definition) is 1. The van der Waals surface area contributed by atoms with Crippen molar-refractivity contribution in [3.05, 3.63) is 26.7 Å². The molecule has 0 amide bonds. The third-order valence-corrected chi connectivity index (χ3v) is 5.84. The molecular weight excluding hydrogens is 345 g/mol. The molecular formula is C15H20BrCl2N. The zero-order valence-corrected chi connectivity index (χ0v) is 14.7. The smallest absolute Gasteiger partial charge is 0.0835 e. The van der Waals surface area contributed by atoms with Gasteiger partial charge in [-0.3, -0.25) is 0 Å². The monoisotopic (exact) mass is 363 g/mol. The quantitative estimate of drug-likeness (QED) is 0.600. The average Bonchev–Trinajstić information content (AvgIpc) is 2.32. The molecule has 19 heavy (non-hydrogen) atoms. The molecule has 1 aliphatic rings. The molecule has 4 heteroatoms. The van der Waals surface area contributed by atoms with Gasteiger partial charge in [0.25, 0.3) is 0 Å². The van der Waals surface area contributed by atoms with Crippen LogP contribution < -0.4 is 5.32 Å². The number of halogens is 3. The topological polar surface area (TPSA) is 12.0 Å². The standard InChI is InChI=1S/C15H20BrCl2N/c1-9-8-15(2,3)7-6-11(9)19-12-5-4-10(16)13(17)14(12)18/h4-5,9,11,19H,6-8H2,1-3H3. The minimum atomic E-state index is 0.457. The zero-order chi connectivity index (χ0) is 14.2. The molecule has 0 aliphatic heterocycles. The van der Waals surface area contributed by atoms with E-state index in [1.165, 1.54) is 19.3 Å². The van der Waals surface area contributed by atoms with E-state index >= 15 is 0 Å². The van der Waals surface area contributed by atoms with Gasteiger partial charge in [-0.1, -0.05) is 44.0 Å². The third kappa shape index (κ3) is 3.59. The molecule has 0 spiro atoms. The summed E-state index contributed by atoms with van der Waals surface area (Å²) in [4.78, 5) is 0. The molecule has 1 aliphatic carbocycles. The van der Waals surface area contributed by atoms with Crippen LogP contribution in [0, 0.1) is 11.3 Å². The van der Waals surface area contributed by atoms with E-state index < -0.39 is 0 Å². The van der Waals surface area contributed by atoms with Crippen LogP contribution >= 0.6 is 39.1 Å². The van der Waals surface area contributed by atoms with Gasteiger partial charge in [0.2, 0.25) is 0 Å². The first-order valence-corrected chi connectivity index (χ1v) is 8.25. The van der Waals surface area contributed by atoms with Crippen LogP contribution in [0.3, 0.4) is 0 Å². The maximum atomic E-state index is 6.30. The molecule has 2 atom stereocenters. The second kappa shape index (κ2) is 5.83. The van der Waals surface area contributed by atoms with E-state index in [4.69, 9.17) is 23.2 Å². The molecule has 1 saturated carbocycles. The Hall–Kier alpha value is 0.0800. The minimum Gasteiger partial charge on any atom is -0.381 e. The summed E-state index contributed by atoms with van der Waals surface area (Å²) in [5.41, 5.74) is 1.39. The van der Waals surface area contributed by atoms with E-state index in [1.54, 1.807) is 0 Å². The fraction of sp³-hybridized carbons (Fsp3) is 0.600. The van der Waals surface area contributed by atoms with Gasteiger partial charge in [0.05, 0.1) is 15.7 Å². The second-order valence-corrected chi connectivity index (χ2v) is 7.97. The van der Waals surface area contributed by atoms with Crippen molar-refractivity contribution >= 4 is 44.8 Å². The highest BCUT2D eigenvalue weighted by Gasteiger charge is 2.32. The van der Waals surface area contributed by atoms with Crippen LogP contribution in [0.15, 0.2) is 16.6 Å². The molecule has 0 saturated heterocycles. The van der Waals surface area contributed by atoms with Gasteiger partial charge in [-0.25, -0.2) is 0 Å². The average molecular weight is 365 g/mol. The van der Waals surface area contributed by atoms with Crippen molar-refractivity contribution in [2.24, 2.45) is 11.3 Å². The molecule has 1 aromatic carbocycles. The Labute approximate surface area is 134 Å². The van der Waals surface area contributed by atoms with Gasteiger partial charge in [0, 0.05) is 10.5 Å². The molecule has 0 heterocycles. The third-order valence-electron chi connectivity index (χ3n) is 4.07. The van der Waals surface area contributed by atoms with Gasteiger partial charge < -0.3 is 5.32 Å². The normalized spacial score (nSPS) is 26.2. The number of hydrogen-bond acceptors (Lipinski definition) is 1. The molecule has 2 unspecified atom stereocenters. The SMILES string of the molecule is CC1CC(C)(C)CCC1Nc1ccc(Br)c(Cl)c1Cl. The molecule has 1 fully saturated rings. The lowest BCUT2D eigenvalue weighted by Crippen LogP contribution is -2.36. The summed E-state index contributed by atoms with van der Waals surface area (Å²) in [7, 11) is 0. The molecule has 2 rings (SSSR count). The van der Waals surface area contributed by atoms with E-state index in [1.807, 2.05) is 12.1 Å². The van der Waals surface area contributed by atoms with E-state index in [0.29, 0.717) is 27.4 Å². The van der Waals surface area contributed by atoms with E-state index in [-0.39, 0.29) is 0 Å². The van der Waals surface area contributed by atoms with Gasteiger partial charge in [0.1, 0.15) is 0 Å². The van der Waals surface area contributed by atoms with E-state index in [0.717, 1.165) is 10.2 Å². The highest BCUT2D eigenvalue weighted by atomic mass is 79.9. The van der Waals surface area contributed by atoms with E-state index in [9.17, 15) is 0 Å². The van der Waals surface area contributed by atoms with Gasteiger partial charge in [-0.15, -0.1) is 0 Å². The van der Waals surface area contributed by atoms with Crippen LogP contribution in [-0.4, -0.2) is 6.04 Å². The van der Waals surface area contributed by atoms with Crippen molar-refractivity contribution in [1.29, 1.82) is 0 Å². The summed E-state index contributed by atoms with van der Waals surface area (Å²) in [6.45, 7) is 7.01. The highest BCUT2D eigenvalue weighted by molar-refractivity contribution is 9.10. The van der Waals surface area contributed by atoms with Crippen LogP contribution in [0.25, 0.3) is 0 Å². The van der Waals surface area contributed by atoms with Crippen molar-refractivity contribution in [2.75, 3.05) is 5.32 Å². The summed E-state index contributed by atoms with van der Waals surface area (Å²) in [5, 5.41) is 4.75. The highest BCUT2D eigenvalue weighted by Crippen LogP contribution is 2.41. The summed E-state index contributed by atoms with van der Waals surface area (Å²) >= 11 is 15.8. The zero-order valence-electron chi connectivity index (χ0n) is 11.6. The Bertz CT molecular complexity index is 473. The summed E-state index contributed by atoms with van der Waals surface area (Å²) in [5.74, 6) is 0.641. The molecule has 106 valence electrons. The van der Waals surface area contributed by atoms with Gasteiger partial charge in [-0.2, -0.15) is 0 Å². The molecule has 0 radical (unpaired) electrons. The van der Waals surface area contributed by atoms with Crippen LogP contribution in [0.2, 0.25) is 10.0 Å². The van der Waals surface area contributed by atoms with Crippen LogP contribution in [0.4, 0.5) is 5.69 Å². The molecule has 1 nitrogen and oxygen atoms in total. The lowest BCUT2D eigenvalue weighted by Gasteiger charge is -2.40. The summed E-state index contributed by atoms with van der Waals surface area (Å²) < 4.78 is 0.836. The maximum absolute atomic E-state index is 6.30. The predicted octanol–water partition coefficient (Wildman–Crippen LogP) is 6.38. The Morgan fingerprint density at radius 3 is 2.58 bits per heavy atom. The Balaban J connectivity index is 2.12. The van der Waals surface area contributed by atoms with Crippen molar-refractivity contribution < 1.29 is 0 Å². The lowest BCUT2D eigenvalue weighted by molar-refractivity contribution is 0.177. The fourth-order valence-electron chi connectivity index (χ4n) is 3.00. The molecule has 0 aromatic heterocycles. The summed E-state index contributed by atoms with van der Waals surface area (Å²) in [6.07, 6.45) is 3.67. The van der Waals surface area contributed by atoms with Crippen LogP contribution in [-0.2, 0) is 0 Å². The van der Waals surface area contributed by atoms with Crippen molar-refractivity contribution in [3.8, 4) is 0 Å². The molecule has 1 aromatic rings. The van der Waals surface area contributed by atoms with E-state index in [2.05, 4.69) is 42.0 Å². The van der Waals surface area contributed by atoms with Crippen LogP contribution in [0.1, 0.15) is 40.0 Å². The second-order valence-electron chi connectivity index (χ2n) is 6.36. The predicted molar refractivity (Wildman–Crippen MR) is 88.4 cm³/mol. The number of benzene rings is 1. The molecule has 0 bridgehead atoms. The Morgan fingerprint density at radius 2 is 1.95 bits per heavy atom. The Kier molecular flexibility index (Phi) is 4.75. The first-order chi connectivity index (χ1) is 8.80. The first kappa shape index (κ1) is 15.5. The largest absolute Gasteiger partial charge is 0.381 e. The number of anilines is 1. The van der Waals surface area contributed by atoms with Crippen molar-refractivity contribution in [1.82, 2.24) is 0 Å². The minimum absolute atomic E-state index is 0.457. The van der Waals surface area contributed by atoms with Gasteiger partial charge >= 0.3 is 0 Å². The van der Waals surface area contributed by atoms with Gasteiger partial charge in [0.15, 0.2) is 0 Å². The number of nitrogens with one attached hydrogen (secondary N) is 1. The number of rotatable bonds is 2. The Morgan fingerprint density at radius 1 is 1.26 bits per heavy atom. The molecule has 1 N–H and O–H groups in total. The van der Waals surface area contributed by atoms with Crippen LogP contribution in [0.5, 0.6) is 0 Å². The fourth-order valence-corrected chi connectivity index (χ4v) is 3.83. The lowest BCUT2D eigenvalue weighted by atomic mass is 9.70. The first-order valence-electron chi connectivity index (χ1n) is 6.70. The summed E-state index contributed by atoms with van der Waals surface area (Å²) in [6, 6.07) is 4.40. The maximum Gasteiger partial charge on any atom is 0.0835 e. The van der Waals surface area contributed by atoms with Crippen molar-refractivity contribution in [2.45, 2.75) is 46.1 Å². The van der Waals surface area contributed by atoms with Gasteiger partial charge in [-0.05, 0) is 58.7 Å².